The summed E-state index contributed by atoms with van der Waals surface area (Å²) in [5, 5.41) is 10.1. The molecule has 0 bridgehead atoms. The van der Waals surface area contributed by atoms with Gasteiger partial charge in [0.2, 0.25) is 0 Å². The lowest BCUT2D eigenvalue weighted by atomic mass is 9.90. The molecule has 1 aromatic carbocycles. The van der Waals surface area contributed by atoms with Gasteiger partial charge in [-0.15, -0.1) is 0 Å². The number of alkyl halides is 1. The summed E-state index contributed by atoms with van der Waals surface area (Å²) in [4.78, 5) is 0. The van der Waals surface area contributed by atoms with Crippen molar-refractivity contribution >= 4 is 5.69 Å². The molecule has 17 heavy (non-hydrogen) atoms. The number of anilines is 1. The third-order valence-electron chi connectivity index (χ3n) is 3.22. The summed E-state index contributed by atoms with van der Waals surface area (Å²) in [7, 11) is 0. The molecular weight excluding hydrogens is 217 g/mol. The van der Waals surface area contributed by atoms with E-state index in [1.165, 1.54) is 0 Å². The average molecular weight is 231 g/mol. The Labute approximate surface area is 99.1 Å². The van der Waals surface area contributed by atoms with Gasteiger partial charge in [-0.05, 0) is 31.0 Å². The molecule has 1 heterocycles. The van der Waals surface area contributed by atoms with Crippen molar-refractivity contribution in [2.24, 2.45) is 0 Å². The van der Waals surface area contributed by atoms with Crippen molar-refractivity contribution in [3.05, 3.63) is 36.5 Å². The van der Waals surface area contributed by atoms with E-state index < -0.39 is 6.17 Å². The molecule has 3 rings (SSSR count). The molecule has 0 radical (unpaired) electrons. The van der Waals surface area contributed by atoms with Gasteiger partial charge in [-0.1, -0.05) is 12.1 Å². The standard InChI is InChI=1S/C13H14FN3/c14-11-4-5-13(11)16-10-3-1-2-9(8-10)12-6-7-15-17-12/h1-3,6-8,11,13,16H,4-5H2,(H,15,17). The summed E-state index contributed by atoms with van der Waals surface area (Å²) in [6.45, 7) is 0. The smallest absolute Gasteiger partial charge is 0.120 e. The minimum absolute atomic E-state index is 0.0213. The second-order valence-corrected chi connectivity index (χ2v) is 4.40. The lowest BCUT2D eigenvalue weighted by Gasteiger charge is -2.32. The fraction of sp³-hybridized carbons (Fsp3) is 0.308. The van der Waals surface area contributed by atoms with Gasteiger partial charge in [0.25, 0.3) is 0 Å². The molecule has 2 unspecified atom stereocenters. The predicted molar refractivity (Wildman–Crippen MR) is 65.6 cm³/mol. The van der Waals surface area contributed by atoms with Crippen LogP contribution < -0.4 is 5.32 Å². The minimum atomic E-state index is -0.703. The van der Waals surface area contributed by atoms with E-state index in [0.717, 1.165) is 23.4 Å². The van der Waals surface area contributed by atoms with E-state index in [0.29, 0.717) is 6.42 Å². The maximum Gasteiger partial charge on any atom is 0.120 e. The molecule has 3 nitrogen and oxygen atoms in total. The fourth-order valence-electron chi connectivity index (χ4n) is 2.03. The number of aromatic nitrogens is 2. The van der Waals surface area contributed by atoms with Crippen molar-refractivity contribution in [1.82, 2.24) is 10.2 Å². The minimum Gasteiger partial charge on any atom is -0.379 e. The van der Waals surface area contributed by atoms with Crippen molar-refractivity contribution in [2.75, 3.05) is 5.32 Å². The van der Waals surface area contributed by atoms with E-state index in [-0.39, 0.29) is 6.04 Å². The van der Waals surface area contributed by atoms with E-state index in [1.54, 1.807) is 6.20 Å². The Kier molecular flexibility index (Phi) is 2.55. The van der Waals surface area contributed by atoms with E-state index in [4.69, 9.17) is 0 Å². The summed E-state index contributed by atoms with van der Waals surface area (Å²) in [5.74, 6) is 0. The van der Waals surface area contributed by atoms with Crippen LogP contribution in [-0.2, 0) is 0 Å². The molecule has 2 N–H and O–H groups in total. The number of aromatic amines is 1. The zero-order valence-corrected chi connectivity index (χ0v) is 9.36. The maximum absolute atomic E-state index is 13.2. The van der Waals surface area contributed by atoms with Crippen LogP contribution in [0.4, 0.5) is 10.1 Å². The van der Waals surface area contributed by atoms with Crippen molar-refractivity contribution < 1.29 is 4.39 Å². The summed E-state index contributed by atoms with van der Waals surface area (Å²) in [6.07, 6.45) is 2.61. The van der Waals surface area contributed by atoms with Crippen molar-refractivity contribution in [3.8, 4) is 11.3 Å². The van der Waals surface area contributed by atoms with Crippen LogP contribution in [-0.4, -0.2) is 22.4 Å². The highest BCUT2D eigenvalue weighted by molar-refractivity contribution is 5.64. The van der Waals surface area contributed by atoms with Crippen LogP contribution in [0.5, 0.6) is 0 Å². The van der Waals surface area contributed by atoms with E-state index >= 15 is 0 Å². The molecule has 1 fully saturated rings. The van der Waals surface area contributed by atoms with Crippen LogP contribution in [0.3, 0.4) is 0 Å². The van der Waals surface area contributed by atoms with Gasteiger partial charge in [0.15, 0.2) is 0 Å². The summed E-state index contributed by atoms with van der Waals surface area (Å²) in [6, 6.07) is 9.84. The number of halogens is 1. The molecular formula is C13H14FN3. The Morgan fingerprint density at radius 1 is 1.29 bits per heavy atom. The molecule has 2 aromatic rings. The topological polar surface area (TPSA) is 40.7 Å². The van der Waals surface area contributed by atoms with Crippen LogP contribution in [0, 0.1) is 0 Å². The Morgan fingerprint density at radius 3 is 2.88 bits per heavy atom. The molecule has 0 saturated heterocycles. The van der Waals surface area contributed by atoms with Gasteiger partial charge in [-0.2, -0.15) is 5.10 Å². The number of rotatable bonds is 3. The van der Waals surface area contributed by atoms with Crippen LogP contribution in [0.15, 0.2) is 36.5 Å². The molecule has 2 atom stereocenters. The summed E-state index contributed by atoms with van der Waals surface area (Å²) >= 11 is 0. The first-order valence-corrected chi connectivity index (χ1v) is 5.83. The zero-order valence-electron chi connectivity index (χ0n) is 9.36. The lowest BCUT2D eigenvalue weighted by Crippen LogP contribution is -2.39. The Bertz CT molecular complexity index is 495. The summed E-state index contributed by atoms with van der Waals surface area (Å²) < 4.78 is 13.2. The first-order chi connectivity index (χ1) is 8.33. The van der Waals surface area contributed by atoms with Crippen molar-refractivity contribution in [1.29, 1.82) is 0 Å². The Balaban J connectivity index is 1.79. The van der Waals surface area contributed by atoms with Gasteiger partial charge < -0.3 is 5.32 Å². The van der Waals surface area contributed by atoms with Gasteiger partial charge in [0, 0.05) is 17.4 Å². The Hall–Kier alpha value is -1.84. The highest BCUT2D eigenvalue weighted by Gasteiger charge is 2.30. The quantitative estimate of drug-likeness (QED) is 0.852. The van der Waals surface area contributed by atoms with Crippen LogP contribution in [0.1, 0.15) is 12.8 Å². The molecule has 1 saturated carbocycles. The second-order valence-electron chi connectivity index (χ2n) is 4.40. The van der Waals surface area contributed by atoms with E-state index in [1.807, 2.05) is 30.3 Å². The first-order valence-electron chi connectivity index (χ1n) is 5.83. The molecule has 88 valence electrons. The normalized spacial score (nSPS) is 23.1. The fourth-order valence-corrected chi connectivity index (χ4v) is 2.03. The van der Waals surface area contributed by atoms with E-state index in [9.17, 15) is 4.39 Å². The number of hydrogen-bond donors (Lipinski definition) is 2. The zero-order chi connectivity index (χ0) is 11.7. The number of H-pyrrole nitrogens is 1. The summed E-state index contributed by atoms with van der Waals surface area (Å²) in [5.41, 5.74) is 2.99. The Morgan fingerprint density at radius 2 is 2.24 bits per heavy atom. The molecule has 1 aliphatic carbocycles. The van der Waals surface area contributed by atoms with Gasteiger partial charge in [0.1, 0.15) is 6.17 Å². The van der Waals surface area contributed by atoms with Gasteiger partial charge in [-0.25, -0.2) is 4.39 Å². The largest absolute Gasteiger partial charge is 0.379 e. The van der Waals surface area contributed by atoms with Crippen LogP contribution in [0.2, 0.25) is 0 Å². The third kappa shape index (κ3) is 2.02. The molecule has 1 aliphatic rings. The monoisotopic (exact) mass is 231 g/mol. The molecule has 0 aliphatic heterocycles. The first kappa shape index (κ1) is 10.3. The number of hydrogen-bond acceptors (Lipinski definition) is 2. The van der Waals surface area contributed by atoms with Crippen LogP contribution >= 0.6 is 0 Å². The highest BCUT2D eigenvalue weighted by atomic mass is 19.1. The number of nitrogens with zero attached hydrogens (tertiary/aromatic N) is 1. The van der Waals surface area contributed by atoms with Crippen molar-refractivity contribution in [2.45, 2.75) is 25.1 Å². The third-order valence-corrected chi connectivity index (χ3v) is 3.22. The van der Waals surface area contributed by atoms with Crippen molar-refractivity contribution in [3.63, 3.8) is 0 Å². The predicted octanol–water partition coefficient (Wildman–Crippen LogP) is 2.99. The molecule has 1 aromatic heterocycles. The average Bonchev–Trinajstić information content (AvgIpc) is 2.88. The van der Waals surface area contributed by atoms with E-state index in [2.05, 4.69) is 15.5 Å². The molecule has 4 heteroatoms. The SMILES string of the molecule is FC1CCC1Nc1cccc(-c2ccn[nH]2)c1. The lowest BCUT2D eigenvalue weighted by molar-refractivity contribution is 0.186. The number of nitrogens with one attached hydrogen (secondary N) is 2. The molecule has 0 amide bonds. The van der Waals surface area contributed by atoms with Gasteiger partial charge in [0.05, 0.1) is 11.7 Å². The molecule has 0 spiro atoms. The van der Waals surface area contributed by atoms with Gasteiger partial charge >= 0.3 is 0 Å². The second kappa shape index (κ2) is 4.20. The van der Waals surface area contributed by atoms with Gasteiger partial charge in [-0.3, -0.25) is 5.10 Å². The maximum atomic E-state index is 13.2. The van der Waals surface area contributed by atoms with Crippen LogP contribution in [0.25, 0.3) is 11.3 Å². The number of benzene rings is 1. The highest BCUT2D eigenvalue weighted by Crippen LogP contribution is 2.28.